The number of carbonyl (C=O) groups is 1. The highest BCUT2D eigenvalue weighted by molar-refractivity contribution is 5.96. The van der Waals surface area contributed by atoms with E-state index in [-0.39, 0.29) is 23.7 Å². The van der Waals surface area contributed by atoms with E-state index in [1.165, 1.54) is 18.2 Å². The van der Waals surface area contributed by atoms with Crippen molar-refractivity contribution in [2.24, 2.45) is 0 Å². The maximum atomic E-state index is 13.2. The number of rotatable bonds is 3. The molecule has 21 heavy (non-hydrogen) atoms. The SMILES string of the molecule is CC1(CNC(=O)c2ccc(F)cc2C#CCO)CCCO1. The highest BCUT2D eigenvalue weighted by Gasteiger charge is 2.30. The lowest BCUT2D eigenvalue weighted by Gasteiger charge is -2.23. The van der Waals surface area contributed by atoms with Gasteiger partial charge in [0.05, 0.1) is 11.2 Å². The third-order valence-corrected chi connectivity index (χ3v) is 3.45. The minimum absolute atomic E-state index is 0.263. The van der Waals surface area contributed by atoms with E-state index >= 15 is 0 Å². The van der Waals surface area contributed by atoms with Crippen LogP contribution in [0.3, 0.4) is 0 Å². The number of ether oxygens (including phenoxy) is 1. The zero-order valence-corrected chi connectivity index (χ0v) is 11.9. The minimum atomic E-state index is -0.472. The fourth-order valence-electron chi connectivity index (χ4n) is 2.29. The summed E-state index contributed by atoms with van der Waals surface area (Å²) in [6.45, 7) is 2.72. The Hall–Kier alpha value is -1.90. The summed E-state index contributed by atoms with van der Waals surface area (Å²) in [4.78, 5) is 12.2. The quantitative estimate of drug-likeness (QED) is 0.829. The first-order valence-electron chi connectivity index (χ1n) is 6.85. The molecule has 1 saturated heterocycles. The van der Waals surface area contributed by atoms with Gasteiger partial charge in [0, 0.05) is 18.7 Å². The predicted molar refractivity (Wildman–Crippen MR) is 76.3 cm³/mol. The normalized spacial score (nSPS) is 20.7. The van der Waals surface area contributed by atoms with Crippen LogP contribution in [0, 0.1) is 17.7 Å². The van der Waals surface area contributed by atoms with Crippen molar-refractivity contribution in [3.8, 4) is 11.8 Å². The van der Waals surface area contributed by atoms with Crippen LogP contribution in [0.2, 0.25) is 0 Å². The van der Waals surface area contributed by atoms with Crippen molar-refractivity contribution in [1.29, 1.82) is 0 Å². The Balaban J connectivity index is 2.11. The van der Waals surface area contributed by atoms with Gasteiger partial charge in [-0.25, -0.2) is 4.39 Å². The van der Waals surface area contributed by atoms with Crippen LogP contribution in [0.25, 0.3) is 0 Å². The molecule has 1 fully saturated rings. The molecule has 1 amide bonds. The molecule has 1 aliphatic rings. The first-order chi connectivity index (χ1) is 10.0. The van der Waals surface area contributed by atoms with Crippen molar-refractivity contribution >= 4 is 5.91 Å². The van der Waals surface area contributed by atoms with E-state index in [0.29, 0.717) is 18.7 Å². The number of carbonyl (C=O) groups excluding carboxylic acids is 1. The smallest absolute Gasteiger partial charge is 0.252 e. The van der Waals surface area contributed by atoms with Crippen LogP contribution in [0.1, 0.15) is 35.7 Å². The van der Waals surface area contributed by atoms with Gasteiger partial charge in [-0.05, 0) is 38.0 Å². The number of aliphatic hydroxyl groups excluding tert-OH is 1. The summed E-state index contributed by atoms with van der Waals surface area (Å²) < 4.78 is 18.9. The molecule has 5 heteroatoms. The van der Waals surface area contributed by atoms with Gasteiger partial charge in [0.15, 0.2) is 0 Å². The van der Waals surface area contributed by atoms with Crippen LogP contribution in [-0.4, -0.2) is 36.4 Å². The van der Waals surface area contributed by atoms with Crippen molar-refractivity contribution in [2.75, 3.05) is 19.8 Å². The topological polar surface area (TPSA) is 58.6 Å². The Morgan fingerprint density at radius 1 is 1.57 bits per heavy atom. The molecule has 0 radical (unpaired) electrons. The van der Waals surface area contributed by atoms with E-state index in [1.54, 1.807) is 0 Å². The van der Waals surface area contributed by atoms with Crippen LogP contribution < -0.4 is 5.32 Å². The van der Waals surface area contributed by atoms with Crippen molar-refractivity contribution in [1.82, 2.24) is 5.32 Å². The average molecular weight is 291 g/mol. The number of benzene rings is 1. The average Bonchev–Trinajstić information content (AvgIpc) is 2.90. The largest absolute Gasteiger partial charge is 0.384 e. The van der Waals surface area contributed by atoms with E-state index in [0.717, 1.165) is 12.8 Å². The molecular weight excluding hydrogens is 273 g/mol. The zero-order valence-electron chi connectivity index (χ0n) is 11.9. The molecule has 0 bridgehead atoms. The van der Waals surface area contributed by atoms with Crippen LogP contribution in [0.4, 0.5) is 4.39 Å². The maximum absolute atomic E-state index is 13.2. The molecule has 0 aliphatic carbocycles. The number of hydrogen-bond donors (Lipinski definition) is 2. The standard InChI is InChI=1S/C16H18FNO3/c1-16(7-3-9-21-16)11-18-15(20)14-6-5-13(17)10-12(14)4-2-8-19/h5-6,10,19H,3,7-9,11H2,1H3,(H,18,20). The summed E-state index contributed by atoms with van der Waals surface area (Å²) in [5.74, 6) is 4.22. The van der Waals surface area contributed by atoms with Crippen molar-refractivity contribution < 1.29 is 19.0 Å². The predicted octanol–water partition coefficient (Wildman–Crippen LogP) is 1.47. The van der Waals surface area contributed by atoms with Crippen LogP contribution in [0.5, 0.6) is 0 Å². The van der Waals surface area contributed by atoms with Gasteiger partial charge in [-0.1, -0.05) is 11.8 Å². The van der Waals surface area contributed by atoms with E-state index < -0.39 is 5.82 Å². The third kappa shape index (κ3) is 4.03. The molecule has 1 aromatic rings. The van der Waals surface area contributed by atoms with Crippen molar-refractivity contribution in [3.05, 3.63) is 35.1 Å². The second-order valence-electron chi connectivity index (χ2n) is 5.23. The maximum Gasteiger partial charge on any atom is 0.252 e. The minimum Gasteiger partial charge on any atom is -0.384 e. The van der Waals surface area contributed by atoms with Gasteiger partial charge in [0.1, 0.15) is 12.4 Å². The lowest BCUT2D eigenvalue weighted by molar-refractivity contribution is 0.0206. The Morgan fingerprint density at radius 2 is 2.38 bits per heavy atom. The first kappa shape index (κ1) is 15.5. The summed E-state index contributed by atoms with van der Waals surface area (Å²) in [6, 6.07) is 3.79. The van der Waals surface area contributed by atoms with Gasteiger partial charge < -0.3 is 15.2 Å². The Morgan fingerprint density at radius 3 is 3.05 bits per heavy atom. The molecule has 1 atom stereocenters. The molecule has 1 aliphatic heterocycles. The third-order valence-electron chi connectivity index (χ3n) is 3.45. The fourth-order valence-corrected chi connectivity index (χ4v) is 2.29. The number of halogens is 1. The summed E-state index contributed by atoms with van der Waals surface area (Å²) in [5, 5.41) is 11.5. The lowest BCUT2D eigenvalue weighted by atomic mass is 10.0. The molecule has 2 rings (SSSR count). The second-order valence-corrected chi connectivity index (χ2v) is 5.23. The van der Waals surface area contributed by atoms with E-state index in [4.69, 9.17) is 9.84 Å². The molecular formula is C16H18FNO3. The van der Waals surface area contributed by atoms with Crippen LogP contribution in [-0.2, 0) is 4.74 Å². The van der Waals surface area contributed by atoms with Gasteiger partial charge >= 0.3 is 0 Å². The molecule has 112 valence electrons. The molecule has 0 spiro atoms. The fraction of sp³-hybridized carbons (Fsp3) is 0.438. The van der Waals surface area contributed by atoms with Crippen LogP contribution >= 0.6 is 0 Å². The zero-order chi connectivity index (χ0) is 15.3. The highest BCUT2D eigenvalue weighted by Crippen LogP contribution is 2.24. The monoisotopic (exact) mass is 291 g/mol. The Labute approximate surface area is 123 Å². The molecule has 4 nitrogen and oxygen atoms in total. The van der Waals surface area contributed by atoms with Gasteiger partial charge in [-0.15, -0.1) is 0 Å². The van der Waals surface area contributed by atoms with Gasteiger partial charge in [0.25, 0.3) is 5.91 Å². The lowest BCUT2D eigenvalue weighted by Crippen LogP contribution is -2.40. The number of nitrogens with one attached hydrogen (secondary N) is 1. The van der Waals surface area contributed by atoms with Gasteiger partial charge in [-0.3, -0.25) is 4.79 Å². The van der Waals surface area contributed by atoms with Crippen LogP contribution in [0.15, 0.2) is 18.2 Å². The molecule has 2 N–H and O–H groups in total. The molecule has 1 heterocycles. The number of aliphatic hydroxyl groups is 1. The first-order valence-corrected chi connectivity index (χ1v) is 6.85. The molecule has 0 saturated carbocycles. The summed E-state index contributed by atoms with van der Waals surface area (Å²) in [6.07, 6.45) is 1.88. The molecule has 1 unspecified atom stereocenters. The highest BCUT2D eigenvalue weighted by atomic mass is 19.1. The summed E-state index contributed by atoms with van der Waals surface area (Å²) in [7, 11) is 0. The van der Waals surface area contributed by atoms with Gasteiger partial charge in [-0.2, -0.15) is 0 Å². The molecule has 0 aromatic heterocycles. The molecule has 1 aromatic carbocycles. The second kappa shape index (κ2) is 6.70. The van der Waals surface area contributed by atoms with E-state index in [1.807, 2.05) is 6.92 Å². The number of hydrogen-bond acceptors (Lipinski definition) is 3. The van der Waals surface area contributed by atoms with E-state index in [2.05, 4.69) is 17.2 Å². The van der Waals surface area contributed by atoms with Crippen molar-refractivity contribution in [3.63, 3.8) is 0 Å². The Bertz CT molecular complexity index is 583. The summed E-state index contributed by atoms with van der Waals surface area (Å²) >= 11 is 0. The van der Waals surface area contributed by atoms with E-state index in [9.17, 15) is 9.18 Å². The van der Waals surface area contributed by atoms with Gasteiger partial charge in [0.2, 0.25) is 0 Å². The number of amides is 1. The Kier molecular flexibility index (Phi) is 4.94. The van der Waals surface area contributed by atoms with Crippen molar-refractivity contribution in [2.45, 2.75) is 25.4 Å². The summed E-state index contributed by atoms with van der Waals surface area (Å²) in [5.41, 5.74) is 0.213.